The van der Waals surface area contributed by atoms with E-state index in [2.05, 4.69) is 6.92 Å². The van der Waals surface area contributed by atoms with Gasteiger partial charge in [-0.15, -0.1) is 0 Å². The molecule has 0 N–H and O–H groups in total. The molecule has 2 atom stereocenters. The van der Waals surface area contributed by atoms with Crippen LogP contribution in [0.2, 0.25) is 0 Å². The molecule has 0 bridgehead atoms. The van der Waals surface area contributed by atoms with Gasteiger partial charge in [-0.1, -0.05) is 20.3 Å². The maximum Gasteiger partial charge on any atom is 0.114 e. The van der Waals surface area contributed by atoms with E-state index in [4.69, 9.17) is 0 Å². The second-order valence-electron chi connectivity index (χ2n) is 2.70. The second kappa shape index (κ2) is 1.71. The van der Waals surface area contributed by atoms with E-state index in [9.17, 15) is 4.39 Å². The van der Waals surface area contributed by atoms with Gasteiger partial charge in [0.25, 0.3) is 0 Å². The first kappa shape index (κ1) is 6.06. The van der Waals surface area contributed by atoms with Crippen molar-refractivity contribution >= 4 is 0 Å². The SMILES string of the molecule is CCC1CC1(F)CC. The highest BCUT2D eigenvalue weighted by Crippen LogP contribution is 2.51. The molecule has 1 saturated carbocycles. The van der Waals surface area contributed by atoms with E-state index < -0.39 is 5.67 Å². The van der Waals surface area contributed by atoms with E-state index in [1.54, 1.807) is 0 Å². The Morgan fingerprint density at radius 2 is 2.25 bits per heavy atom. The summed E-state index contributed by atoms with van der Waals surface area (Å²) in [6.45, 7) is 3.98. The third-order valence-corrected chi connectivity index (χ3v) is 2.24. The molecular formula is C7H13F. The van der Waals surface area contributed by atoms with Crippen molar-refractivity contribution in [2.75, 3.05) is 0 Å². The minimum Gasteiger partial charge on any atom is -0.244 e. The van der Waals surface area contributed by atoms with Crippen LogP contribution in [-0.4, -0.2) is 5.67 Å². The first-order valence-corrected chi connectivity index (χ1v) is 3.42. The summed E-state index contributed by atoms with van der Waals surface area (Å²) in [5, 5.41) is 0. The largest absolute Gasteiger partial charge is 0.244 e. The van der Waals surface area contributed by atoms with Crippen LogP contribution in [0.5, 0.6) is 0 Å². The Labute approximate surface area is 50.1 Å². The zero-order chi connectivity index (χ0) is 6.20. The van der Waals surface area contributed by atoms with Crippen molar-refractivity contribution in [1.29, 1.82) is 0 Å². The van der Waals surface area contributed by atoms with Crippen LogP contribution in [-0.2, 0) is 0 Å². The molecule has 0 spiro atoms. The maximum atomic E-state index is 12.9. The first-order valence-electron chi connectivity index (χ1n) is 3.42. The standard InChI is InChI=1S/C7H13F/c1-3-6-5-7(6,8)4-2/h6H,3-5H2,1-2H3. The molecule has 2 unspecified atom stereocenters. The molecular weight excluding hydrogens is 103 g/mol. The van der Waals surface area contributed by atoms with E-state index in [1.807, 2.05) is 6.92 Å². The number of halogens is 1. The highest BCUT2D eigenvalue weighted by Gasteiger charge is 2.51. The smallest absolute Gasteiger partial charge is 0.114 e. The second-order valence-corrected chi connectivity index (χ2v) is 2.70. The van der Waals surface area contributed by atoms with Gasteiger partial charge in [0.2, 0.25) is 0 Å². The molecule has 0 nitrogen and oxygen atoms in total. The summed E-state index contributed by atoms with van der Waals surface area (Å²) >= 11 is 0. The average Bonchev–Trinajstić information content (AvgIpc) is 2.44. The molecule has 1 fully saturated rings. The normalized spacial score (nSPS) is 44.6. The Balaban J connectivity index is 2.31. The van der Waals surface area contributed by atoms with Crippen LogP contribution in [0.15, 0.2) is 0 Å². The lowest BCUT2D eigenvalue weighted by Gasteiger charge is -1.98. The summed E-state index contributed by atoms with van der Waals surface area (Å²) in [5.74, 6) is 0.396. The number of hydrogen-bond donors (Lipinski definition) is 0. The lowest BCUT2D eigenvalue weighted by Crippen LogP contribution is -1.99. The number of hydrogen-bond acceptors (Lipinski definition) is 0. The predicted octanol–water partition coefficient (Wildman–Crippen LogP) is 2.53. The highest BCUT2D eigenvalue weighted by molar-refractivity contribution is 5.01. The average molecular weight is 116 g/mol. The molecule has 1 heteroatoms. The fourth-order valence-electron chi connectivity index (χ4n) is 1.29. The molecule has 0 aromatic heterocycles. The molecule has 1 rings (SSSR count). The van der Waals surface area contributed by atoms with Gasteiger partial charge in [0.05, 0.1) is 0 Å². The minimum absolute atomic E-state index is 0.396. The summed E-state index contributed by atoms with van der Waals surface area (Å²) in [6.07, 6.45) is 2.55. The summed E-state index contributed by atoms with van der Waals surface area (Å²) in [4.78, 5) is 0. The van der Waals surface area contributed by atoms with Crippen molar-refractivity contribution < 1.29 is 4.39 Å². The van der Waals surface area contributed by atoms with Gasteiger partial charge in [-0.25, -0.2) is 4.39 Å². The van der Waals surface area contributed by atoms with Crippen LogP contribution < -0.4 is 0 Å². The fraction of sp³-hybridized carbons (Fsp3) is 1.00. The van der Waals surface area contributed by atoms with Crippen molar-refractivity contribution in [1.82, 2.24) is 0 Å². The molecule has 0 radical (unpaired) electrons. The van der Waals surface area contributed by atoms with Crippen molar-refractivity contribution in [3.05, 3.63) is 0 Å². The Morgan fingerprint density at radius 1 is 1.62 bits per heavy atom. The Bertz CT molecular complexity index is 90.4. The summed E-state index contributed by atoms with van der Waals surface area (Å²) in [7, 11) is 0. The molecule has 8 heavy (non-hydrogen) atoms. The lowest BCUT2D eigenvalue weighted by atomic mass is 10.2. The van der Waals surface area contributed by atoms with Gasteiger partial charge in [-0.3, -0.25) is 0 Å². The summed E-state index contributed by atoms with van der Waals surface area (Å²) in [5.41, 5.74) is -0.741. The van der Waals surface area contributed by atoms with Gasteiger partial charge in [0, 0.05) is 0 Å². The third kappa shape index (κ3) is 0.743. The van der Waals surface area contributed by atoms with Crippen molar-refractivity contribution in [2.24, 2.45) is 5.92 Å². The van der Waals surface area contributed by atoms with Gasteiger partial charge < -0.3 is 0 Å². The van der Waals surface area contributed by atoms with Gasteiger partial charge in [0.1, 0.15) is 5.67 Å². The molecule has 0 saturated heterocycles. The zero-order valence-corrected chi connectivity index (χ0v) is 5.58. The van der Waals surface area contributed by atoms with Gasteiger partial charge in [-0.05, 0) is 18.8 Å². The van der Waals surface area contributed by atoms with E-state index >= 15 is 0 Å². The van der Waals surface area contributed by atoms with Crippen LogP contribution in [0.1, 0.15) is 33.1 Å². The van der Waals surface area contributed by atoms with Crippen LogP contribution in [0, 0.1) is 5.92 Å². The van der Waals surface area contributed by atoms with Crippen molar-refractivity contribution in [3.8, 4) is 0 Å². The maximum absolute atomic E-state index is 12.9. The Morgan fingerprint density at radius 3 is 2.38 bits per heavy atom. The van der Waals surface area contributed by atoms with Crippen molar-refractivity contribution in [3.63, 3.8) is 0 Å². The lowest BCUT2D eigenvalue weighted by molar-refractivity contribution is 0.270. The zero-order valence-electron chi connectivity index (χ0n) is 5.58. The predicted molar refractivity (Wildman–Crippen MR) is 32.5 cm³/mol. The topological polar surface area (TPSA) is 0 Å². The van der Waals surface area contributed by atoms with Crippen LogP contribution in [0.25, 0.3) is 0 Å². The summed E-state index contributed by atoms with van der Waals surface area (Å²) in [6, 6.07) is 0. The highest BCUT2D eigenvalue weighted by atomic mass is 19.1. The van der Waals surface area contributed by atoms with Crippen LogP contribution in [0.4, 0.5) is 4.39 Å². The minimum atomic E-state index is -0.741. The fourth-order valence-corrected chi connectivity index (χ4v) is 1.29. The van der Waals surface area contributed by atoms with Gasteiger partial charge in [0.15, 0.2) is 0 Å². The molecule has 0 aromatic carbocycles. The molecule has 0 aliphatic heterocycles. The molecule has 0 heterocycles. The first-order chi connectivity index (χ1) is 3.73. The van der Waals surface area contributed by atoms with Gasteiger partial charge in [-0.2, -0.15) is 0 Å². The third-order valence-electron chi connectivity index (χ3n) is 2.24. The van der Waals surface area contributed by atoms with E-state index in [1.165, 1.54) is 0 Å². The quantitative estimate of drug-likeness (QED) is 0.520. The van der Waals surface area contributed by atoms with E-state index in [0.29, 0.717) is 12.3 Å². The van der Waals surface area contributed by atoms with Crippen LogP contribution in [0.3, 0.4) is 0 Å². The Hall–Kier alpha value is -0.0700. The van der Waals surface area contributed by atoms with Crippen molar-refractivity contribution in [2.45, 2.75) is 38.8 Å². The Kier molecular flexibility index (Phi) is 1.30. The van der Waals surface area contributed by atoms with Crippen LogP contribution >= 0.6 is 0 Å². The molecule has 0 aromatic rings. The van der Waals surface area contributed by atoms with E-state index in [0.717, 1.165) is 12.8 Å². The monoisotopic (exact) mass is 116 g/mol. The number of rotatable bonds is 2. The number of alkyl halides is 1. The van der Waals surface area contributed by atoms with E-state index in [-0.39, 0.29) is 0 Å². The summed E-state index contributed by atoms with van der Waals surface area (Å²) < 4.78 is 12.9. The molecule has 1 aliphatic rings. The molecule has 48 valence electrons. The molecule has 1 aliphatic carbocycles. The van der Waals surface area contributed by atoms with Gasteiger partial charge >= 0.3 is 0 Å². The molecule has 0 amide bonds.